The van der Waals surface area contributed by atoms with Crippen molar-refractivity contribution in [1.29, 1.82) is 0 Å². The minimum Gasteiger partial charge on any atom is -0.480 e. The van der Waals surface area contributed by atoms with Crippen molar-refractivity contribution in [3.63, 3.8) is 0 Å². The van der Waals surface area contributed by atoms with Crippen LogP contribution in [0.5, 0.6) is 0 Å². The van der Waals surface area contributed by atoms with Crippen LogP contribution in [0.25, 0.3) is 0 Å². The molecule has 7 heteroatoms. The highest BCUT2D eigenvalue weighted by Crippen LogP contribution is 2.13. The molecular formula is C13H15ClN2O3S. The summed E-state index contributed by atoms with van der Waals surface area (Å²) in [6.45, 7) is 1.16. The van der Waals surface area contributed by atoms with Crippen molar-refractivity contribution in [2.75, 3.05) is 12.3 Å². The number of hydrogen-bond donors (Lipinski definition) is 2. The molecule has 1 N–H and O–H groups in total. The third-order valence-corrected chi connectivity index (χ3v) is 3.37. The monoisotopic (exact) mass is 314 g/mol. The Morgan fingerprint density at radius 2 is 2.15 bits per heavy atom. The molecule has 0 spiro atoms. The van der Waals surface area contributed by atoms with E-state index in [2.05, 4.69) is 17.7 Å². The van der Waals surface area contributed by atoms with Crippen molar-refractivity contribution < 1.29 is 14.7 Å². The number of rotatable bonds is 6. The Hall–Kier alpha value is -1.53. The van der Waals surface area contributed by atoms with Crippen LogP contribution in [0.1, 0.15) is 12.5 Å². The van der Waals surface area contributed by atoms with Crippen LogP contribution in [0, 0.1) is 5.92 Å². The fourth-order valence-corrected chi connectivity index (χ4v) is 1.69. The number of carbonyl (C=O) groups excluding carboxylic acids is 1. The fourth-order valence-electron chi connectivity index (χ4n) is 1.35. The van der Waals surface area contributed by atoms with Gasteiger partial charge in [0.15, 0.2) is 0 Å². The highest BCUT2D eigenvalue weighted by atomic mass is 35.5. The van der Waals surface area contributed by atoms with Gasteiger partial charge in [0.25, 0.3) is 0 Å². The molecule has 0 aliphatic heterocycles. The standard InChI is InChI=1S/C13H15ClN2O3S/c1-9(8-20)13(19)16(7-12(17)18)15-6-10-4-2-3-5-11(10)14/h2-6,9,20H,7-8H2,1H3,(H,17,18). The number of thiol groups is 1. The third-order valence-electron chi connectivity index (χ3n) is 2.48. The average Bonchev–Trinajstić information content (AvgIpc) is 2.42. The van der Waals surface area contributed by atoms with Gasteiger partial charge in [0, 0.05) is 22.3 Å². The van der Waals surface area contributed by atoms with E-state index >= 15 is 0 Å². The van der Waals surface area contributed by atoms with E-state index in [1.54, 1.807) is 31.2 Å². The second-order valence-corrected chi connectivity index (χ2v) is 4.91. The highest BCUT2D eigenvalue weighted by molar-refractivity contribution is 7.80. The molecule has 0 heterocycles. The lowest BCUT2D eigenvalue weighted by Crippen LogP contribution is -2.35. The summed E-state index contributed by atoms with van der Waals surface area (Å²) in [4.78, 5) is 22.8. The lowest BCUT2D eigenvalue weighted by atomic mass is 10.2. The maximum absolute atomic E-state index is 12.0. The molecule has 0 radical (unpaired) electrons. The van der Waals surface area contributed by atoms with Gasteiger partial charge in [-0.15, -0.1) is 0 Å². The minimum atomic E-state index is -1.14. The molecule has 0 aliphatic rings. The predicted molar refractivity (Wildman–Crippen MR) is 81.4 cm³/mol. The van der Waals surface area contributed by atoms with E-state index in [4.69, 9.17) is 16.7 Å². The number of benzene rings is 1. The zero-order valence-corrected chi connectivity index (χ0v) is 12.5. The van der Waals surface area contributed by atoms with E-state index in [0.29, 0.717) is 16.3 Å². The second kappa shape index (κ2) is 7.91. The number of carbonyl (C=O) groups is 2. The summed E-state index contributed by atoms with van der Waals surface area (Å²) in [5, 5.41) is 14.1. The maximum Gasteiger partial charge on any atom is 0.325 e. The Morgan fingerprint density at radius 1 is 1.50 bits per heavy atom. The van der Waals surface area contributed by atoms with E-state index in [1.807, 2.05) is 0 Å². The van der Waals surface area contributed by atoms with Crippen LogP contribution in [-0.4, -0.2) is 40.5 Å². The van der Waals surface area contributed by atoms with Gasteiger partial charge in [-0.3, -0.25) is 9.59 Å². The second-order valence-electron chi connectivity index (χ2n) is 4.14. The number of nitrogens with zero attached hydrogens (tertiary/aromatic N) is 2. The third kappa shape index (κ3) is 4.86. The highest BCUT2D eigenvalue weighted by Gasteiger charge is 2.21. The Bertz CT molecular complexity index is 522. The van der Waals surface area contributed by atoms with Gasteiger partial charge in [-0.1, -0.05) is 36.7 Å². The van der Waals surface area contributed by atoms with Crippen molar-refractivity contribution in [3.05, 3.63) is 34.9 Å². The molecule has 108 valence electrons. The first-order valence-electron chi connectivity index (χ1n) is 5.88. The van der Waals surface area contributed by atoms with E-state index in [-0.39, 0.29) is 0 Å². The Balaban J connectivity index is 2.92. The topological polar surface area (TPSA) is 70.0 Å². The molecule has 1 amide bonds. The average molecular weight is 315 g/mol. The molecule has 1 atom stereocenters. The predicted octanol–water partition coefficient (Wildman–Crippen LogP) is 2.15. The first-order chi connectivity index (χ1) is 9.45. The summed E-state index contributed by atoms with van der Waals surface area (Å²) >= 11 is 9.99. The Labute approximate surface area is 127 Å². The largest absolute Gasteiger partial charge is 0.480 e. The minimum absolute atomic E-state index is 0.316. The van der Waals surface area contributed by atoms with Gasteiger partial charge >= 0.3 is 5.97 Å². The van der Waals surface area contributed by atoms with Gasteiger partial charge in [-0.2, -0.15) is 17.7 Å². The lowest BCUT2D eigenvalue weighted by Gasteiger charge is -2.18. The van der Waals surface area contributed by atoms with Crippen LogP contribution >= 0.6 is 24.2 Å². The molecule has 1 rings (SSSR count). The van der Waals surface area contributed by atoms with Crippen LogP contribution in [-0.2, 0) is 9.59 Å². The van der Waals surface area contributed by atoms with Gasteiger partial charge in [0.2, 0.25) is 5.91 Å². The summed E-state index contributed by atoms with van der Waals surface area (Å²) in [6.07, 6.45) is 1.37. The number of carboxylic acid groups (broad SMARTS) is 1. The smallest absolute Gasteiger partial charge is 0.325 e. The van der Waals surface area contributed by atoms with Crippen molar-refractivity contribution in [2.45, 2.75) is 6.92 Å². The van der Waals surface area contributed by atoms with Gasteiger partial charge in [-0.05, 0) is 6.07 Å². The molecule has 20 heavy (non-hydrogen) atoms. The van der Waals surface area contributed by atoms with Crippen LogP contribution in [0.2, 0.25) is 5.02 Å². The Morgan fingerprint density at radius 3 is 2.70 bits per heavy atom. The Kier molecular flexibility index (Phi) is 6.54. The summed E-state index contributed by atoms with van der Waals surface area (Å²) < 4.78 is 0. The van der Waals surface area contributed by atoms with Crippen molar-refractivity contribution in [3.8, 4) is 0 Å². The van der Waals surface area contributed by atoms with Crippen LogP contribution in [0.15, 0.2) is 29.4 Å². The summed E-state index contributed by atoms with van der Waals surface area (Å²) in [5.41, 5.74) is 0.607. The number of amides is 1. The van der Waals surface area contributed by atoms with Crippen LogP contribution < -0.4 is 0 Å². The molecule has 0 fully saturated rings. The molecule has 1 aromatic rings. The molecule has 1 unspecified atom stereocenters. The van der Waals surface area contributed by atoms with Crippen molar-refractivity contribution in [2.24, 2.45) is 11.0 Å². The quantitative estimate of drug-likeness (QED) is 0.480. The van der Waals surface area contributed by atoms with E-state index in [0.717, 1.165) is 5.01 Å². The normalized spacial score (nSPS) is 12.3. The molecule has 0 saturated heterocycles. The van der Waals surface area contributed by atoms with Crippen molar-refractivity contribution >= 4 is 42.3 Å². The molecule has 5 nitrogen and oxygen atoms in total. The maximum atomic E-state index is 12.0. The van der Waals surface area contributed by atoms with Gasteiger partial charge < -0.3 is 5.11 Å². The molecule has 0 aromatic heterocycles. The zero-order valence-electron chi connectivity index (χ0n) is 10.9. The molecule has 0 saturated carbocycles. The molecular weight excluding hydrogens is 300 g/mol. The van der Waals surface area contributed by atoms with E-state index < -0.39 is 24.3 Å². The summed E-state index contributed by atoms with van der Waals surface area (Å²) in [7, 11) is 0. The molecule has 0 aliphatic carbocycles. The number of hydrogen-bond acceptors (Lipinski definition) is 4. The SMILES string of the molecule is CC(CS)C(=O)N(CC(=O)O)N=Cc1ccccc1Cl. The number of halogens is 1. The molecule has 0 bridgehead atoms. The van der Waals surface area contributed by atoms with E-state index in [1.165, 1.54) is 6.21 Å². The first kappa shape index (κ1) is 16.5. The summed E-state index contributed by atoms with van der Waals surface area (Å²) in [5.74, 6) is -1.64. The summed E-state index contributed by atoms with van der Waals surface area (Å²) in [6, 6.07) is 6.94. The molecule has 1 aromatic carbocycles. The van der Waals surface area contributed by atoms with Crippen molar-refractivity contribution in [1.82, 2.24) is 5.01 Å². The van der Waals surface area contributed by atoms with E-state index in [9.17, 15) is 9.59 Å². The van der Waals surface area contributed by atoms with Gasteiger partial charge in [0.1, 0.15) is 6.54 Å². The van der Waals surface area contributed by atoms with Crippen LogP contribution in [0.4, 0.5) is 0 Å². The fraction of sp³-hybridized carbons (Fsp3) is 0.308. The number of aliphatic carboxylic acids is 1. The van der Waals surface area contributed by atoms with Gasteiger partial charge in [0.05, 0.1) is 6.21 Å². The lowest BCUT2D eigenvalue weighted by molar-refractivity contribution is -0.145. The zero-order chi connectivity index (χ0) is 15.1. The van der Waals surface area contributed by atoms with Crippen LogP contribution in [0.3, 0.4) is 0 Å². The number of carboxylic acids is 1. The number of hydrazone groups is 1. The first-order valence-corrected chi connectivity index (χ1v) is 6.89. The van der Waals surface area contributed by atoms with Gasteiger partial charge in [-0.25, -0.2) is 5.01 Å².